The highest BCUT2D eigenvalue weighted by atomic mass is 32.1. The van der Waals surface area contributed by atoms with Crippen molar-refractivity contribution in [3.05, 3.63) is 40.9 Å². The third kappa shape index (κ3) is 3.94. The summed E-state index contributed by atoms with van der Waals surface area (Å²) >= 11 is 1.41. The summed E-state index contributed by atoms with van der Waals surface area (Å²) < 4.78 is 5.35. The maximum atomic E-state index is 12.2. The molecule has 2 heterocycles. The molecule has 7 heteroatoms. The smallest absolute Gasteiger partial charge is 0.257 e. The molecule has 0 bridgehead atoms. The monoisotopic (exact) mass is 331 g/mol. The van der Waals surface area contributed by atoms with Crippen LogP contribution in [0, 0.1) is 6.92 Å². The maximum Gasteiger partial charge on any atom is 0.257 e. The molecule has 1 atom stereocenters. The minimum atomic E-state index is -0.397. The number of hydrogen-bond donors (Lipinski definition) is 2. The van der Waals surface area contributed by atoms with Crippen molar-refractivity contribution in [3.8, 4) is 0 Å². The lowest BCUT2D eigenvalue weighted by atomic mass is 10.1. The standard InChI is InChI=1S/C16H17N3O3S/c1-10-9-17-16(23-10)19-14(20)11-4-2-5-12(8-11)18-15(21)13-6-3-7-22-13/h2,4-5,8-9,13H,3,6-7H2,1H3,(H,18,21)(H,17,19,20)/t13-/m1/s1. The lowest BCUT2D eigenvalue weighted by Crippen LogP contribution is -2.27. The topological polar surface area (TPSA) is 80.3 Å². The summed E-state index contributed by atoms with van der Waals surface area (Å²) in [5.74, 6) is -0.428. The molecule has 0 saturated carbocycles. The van der Waals surface area contributed by atoms with Gasteiger partial charge in [-0.15, -0.1) is 11.3 Å². The van der Waals surface area contributed by atoms with Gasteiger partial charge in [-0.2, -0.15) is 0 Å². The van der Waals surface area contributed by atoms with Crippen molar-refractivity contribution in [1.82, 2.24) is 4.98 Å². The van der Waals surface area contributed by atoms with Crippen molar-refractivity contribution in [2.24, 2.45) is 0 Å². The number of rotatable bonds is 4. The van der Waals surface area contributed by atoms with Gasteiger partial charge >= 0.3 is 0 Å². The van der Waals surface area contributed by atoms with E-state index in [1.54, 1.807) is 30.5 Å². The van der Waals surface area contributed by atoms with Crippen LogP contribution in [0.5, 0.6) is 0 Å². The zero-order valence-electron chi connectivity index (χ0n) is 12.7. The maximum absolute atomic E-state index is 12.2. The second-order valence-corrected chi connectivity index (χ2v) is 6.54. The second kappa shape index (κ2) is 6.89. The predicted octanol–water partition coefficient (Wildman–Crippen LogP) is 2.82. The molecule has 3 rings (SSSR count). The van der Waals surface area contributed by atoms with Crippen LogP contribution in [-0.2, 0) is 9.53 Å². The highest BCUT2D eigenvalue weighted by Crippen LogP contribution is 2.19. The Kier molecular flexibility index (Phi) is 4.68. The largest absolute Gasteiger partial charge is 0.368 e. The van der Waals surface area contributed by atoms with Crippen LogP contribution in [0.4, 0.5) is 10.8 Å². The quantitative estimate of drug-likeness (QED) is 0.903. The Labute approximate surface area is 137 Å². The molecule has 2 aromatic rings. The average Bonchev–Trinajstić information content (AvgIpc) is 3.19. The van der Waals surface area contributed by atoms with Gasteiger partial charge in [0.15, 0.2) is 5.13 Å². The van der Waals surface area contributed by atoms with E-state index in [9.17, 15) is 9.59 Å². The lowest BCUT2D eigenvalue weighted by molar-refractivity contribution is -0.124. The first kappa shape index (κ1) is 15.6. The highest BCUT2D eigenvalue weighted by molar-refractivity contribution is 7.15. The van der Waals surface area contributed by atoms with Gasteiger partial charge in [0.25, 0.3) is 11.8 Å². The molecule has 1 aliphatic rings. The van der Waals surface area contributed by atoms with E-state index in [1.165, 1.54) is 11.3 Å². The third-order valence-electron chi connectivity index (χ3n) is 3.46. The van der Waals surface area contributed by atoms with E-state index in [-0.39, 0.29) is 11.8 Å². The van der Waals surface area contributed by atoms with Gasteiger partial charge in [0, 0.05) is 28.9 Å². The van der Waals surface area contributed by atoms with Crippen LogP contribution in [0.3, 0.4) is 0 Å². The number of aryl methyl sites for hydroxylation is 1. The molecule has 0 spiro atoms. The van der Waals surface area contributed by atoms with Gasteiger partial charge in [-0.25, -0.2) is 4.98 Å². The summed E-state index contributed by atoms with van der Waals surface area (Å²) in [5, 5.41) is 6.09. The van der Waals surface area contributed by atoms with Crippen LogP contribution in [0.15, 0.2) is 30.5 Å². The van der Waals surface area contributed by atoms with E-state index in [2.05, 4.69) is 15.6 Å². The van der Waals surface area contributed by atoms with Crippen LogP contribution >= 0.6 is 11.3 Å². The third-order valence-corrected chi connectivity index (χ3v) is 4.28. The molecule has 1 aromatic carbocycles. The fourth-order valence-electron chi connectivity index (χ4n) is 2.33. The van der Waals surface area contributed by atoms with E-state index < -0.39 is 6.10 Å². The van der Waals surface area contributed by atoms with E-state index in [1.807, 2.05) is 6.92 Å². The SMILES string of the molecule is Cc1cnc(NC(=O)c2cccc(NC(=O)[C@H]3CCCO3)c2)s1. The van der Waals surface area contributed by atoms with Crippen LogP contribution < -0.4 is 10.6 Å². The van der Waals surface area contributed by atoms with E-state index in [0.29, 0.717) is 23.0 Å². The number of nitrogens with zero attached hydrogens (tertiary/aromatic N) is 1. The van der Waals surface area contributed by atoms with Crippen molar-refractivity contribution >= 4 is 34.0 Å². The molecule has 1 saturated heterocycles. The molecule has 2 amide bonds. The van der Waals surface area contributed by atoms with Gasteiger partial charge in [0.1, 0.15) is 6.10 Å². The number of anilines is 2. The van der Waals surface area contributed by atoms with E-state index >= 15 is 0 Å². The number of aromatic nitrogens is 1. The minimum Gasteiger partial charge on any atom is -0.368 e. The number of ether oxygens (including phenoxy) is 1. The number of amides is 2. The molecule has 1 aliphatic heterocycles. The van der Waals surface area contributed by atoms with Crippen LogP contribution in [0.1, 0.15) is 28.1 Å². The summed E-state index contributed by atoms with van der Waals surface area (Å²) in [4.78, 5) is 29.4. The average molecular weight is 331 g/mol. The highest BCUT2D eigenvalue weighted by Gasteiger charge is 2.23. The van der Waals surface area contributed by atoms with Crippen LogP contribution in [0.25, 0.3) is 0 Å². The molecular weight excluding hydrogens is 314 g/mol. The van der Waals surface area contributed by atoms with Crippen LogP contribution in [-0.4, -0.2) is 29.5 Å². The molecule has 1 fully saturated rings. The van der Waals surface area contributed by atoms with Gasteiger partial charge in [-0.1, -0.05) is 6.07 Å². The van der Waals surface area contributed by atoms with Gasteiger partial charge in [0.2, 0.25) is 0 Å². The van der Waals surface area contributed by atoms with Crippen molar-refractivity contribution in [3.63, 3.8) is 0 Å². The van der Waals surface area contributed by atoms with E-state index in [4.69, 9.17) is 4.74 Å². The Morgan fingerprint density at radius 1 is 1.35 bits per heavy atom. The van der Waals surface area contributed by atoms with Crippen molar-refractivity contribution < 1.29 is 14.3 Å². The molecule has 2 N–H and O–H groups in total. The van der Waals surface area contributed by atoms with Crippen LogP contribution in [0.2, 0.25) is 0 Å². The van der Waals surface area contributed by atoms with Gasteiger partial charge in [0.05, 0.1) is 0 Å². The normalized spacial score (nSPS) is 17.0. The first-order valence-electron chi connectivity index (χ1n) is 7.38. The number of carbonyl (C=O) groups is 2. The number of benzene rings is 1. The summed E-state index contributed by atoms with van der Waals surface area (Å²) in [6.07, 6.45) is 2.94. The number of nitrogens with one attached hydrogen (secondary N) is 2. The Bertz CT molecular complexity index is 723. The first-order chi connectivity index (χ1) is 11.1. The lowest BCUT2D eigenvalue weighted by Gasteiger charge is -2.11. The number of hydrogen-bond acceptors (Lipinski definition) is 5. The summed E-state index contributed by atoms with van der Waals surface area (Å²) in [6, 6.07) is 6.81. The Hall–Kier alpha value is -2.25. The summed E-state index contributed by atoms with van der Waals surface area (Å²) in [5.41, 5.74) is 1.04. The summed E-state index contributed by atoms with van der Waals surface area (Å²) in [6.45, 7) is 2.54. The fourth-order valence-corrected chi connectivity index (χ4v) is 2.99. The summed E-state index contributed by atoms with van der Waals surface area (Å²) in [7, 11) is 0. The zero-order valence-corrected chi connectivity index (χ0v) is 13.5. The molecular formula is C16H17N3O3S. The fraction of sp³-hybridized carbons (Fsp3) is 0.312. The van der Waals surface area contributed by atoms with Crippen molar-refractivity contribution in [2.75, 3.05) is 17.2 Å². The molecule has 120 valence electrons. The van der Waals surface area contributed by atoms with E-state index in [0.717, 1.165) is 17.7 Å². The van der Waals surface area contributed by atoms with Gasteiger partial charge < -0.3 is 10.1 Å². The van der Waals surface area contributed by atoms with Crippen molar-refractivity contribution in [2.45, 2.75) is 25.9 Å². The molecule has 0 aliphatic carbocycles. The molecule has 0 unspecified atom stereocenters. The number of thiazole rings is 1. The van der Waals surface area contributed by atoms with Gasteiger partial charge in [-0.3, -0.25) is 14.9 Å². The molecule has 0 radical (unpaired) electrons. The Morgan fingerprint density at radius 3 is 2.91 bits per heavy atom. The first-order valence-corrected chi connectivity index (χ1v) is 8.20. The molecule has 23 heavy (non-hydrogen) atoms. The van der Waals surface area contributed by atoms with Crippen molar-refractivity contribution in [1.29, 1.82) is 0 Å². The molecule has 1 aromatic heterocycles. The Balaban J connectivity index is 1.66. The molecule has 6 nitrogen and oxygen atoms in total. The zero-order chi connectivity index (χ0) is 16.2. The van der Waals surface area contributed by atoms with Gasteiger partial charge in [-0.05, 0) is 38.0 Å². The minimum absolute atomic E-state index is 0.171. The Morgan fingerprint density at radius 2 is 2.22 bits per heavy atom. The number of carbonyl (C=O) groups excluding carboxylic acids is 2. The second-order valence-electron chi connectivity index (χ2n) is 5.30. The predicted molar refractivity (Wildman–Crippen MR) is 88.8 cm³/mol.